The number of amides is 3. The number of hydrogen-bond acceptors (Lipinski definition) is 5. The number of anilines is 1. The molecular formula is C24H23ClFN5O4. The smallest absolute Gasteiger partial charge is 0.270 e. The summed E-state index contributed by atoms with van der Waals surface area (Å²) in [4.78, 5) is 41.4. The normalized spacial score (nSPS) is 13.9. The number of hydrogen-bond donors (Lipinski definition) is 3. The summed E-state index contributed by atoms with van der Waals surface area (Å²) in [7, 11) is 0. The second-order valence-corrected chi connectivity index (χ2v) is 8.47. The second kappa shape index (κ2) is 10.7. The lowest BCUT2D eigenvalue weighted by Gasteiger charge is -2.22. The molecule has 0 bridgehead atoms. The largest absolute Gasteiger partial charge is 0.381 e. The van der Waals surface area contributed by atoms with E-state index >= 15 is 0 Å². The molecule has 2 aromatic carbocycles. The van der Waals surface area contributed by atoms with Crippen LogP contribution >= 0.6 is 11.6 Å². The Kier molecular flexibility index (Phi) is 7.42. The molecule has 1 fully saturated rings. The molecule has 0 unspecified atom stereocenters. The molecule has 4 rings (SSSR count). The van der Waals surface area contributed by atoms with E-state index in [4.69, 9.17) is 22.1 Å². The molecule has 0 atom stereocenters. The van der Waals surface area contributed by atoms with E-state index in [0.29, 0.717) is 37.1 Å². The summed E-state index contributed by atoms with van der Waals surface area (Å²) in [6.07, 6.45) is 3.03. The van der Waals surface area contributed by atoms with E-state index in [1.807, 2.05) is 0 Å². The highest BCUT2D eigenvalue weighted by Gasteiger charge is 2.24. The predicted molar refractivity (Wildman–Crippen MR) is 127 cm³/mol. The maximum Gasteiger partial charge on any atom is 0.270 e. The van der Waals surface area contributed by atoms with Gasteiger partial charge in [-0.1, -0.05) is 11.6 Å². The third kappa shape index (κ3) is 5.67. The van der Waals surface area contributed by atoms with Crippen molar-refractivity contribution in [3.63, 3.8) is 0 Å². The van der Waals surface area contributed by atoms with Gasteiger partial charge in [0.05, 0.1) is 10.6 Å². The van der Waals surface area contributed by atoms with Crippen molar-refractivity contribution in [2.24, 2.45) is 11.7 Å². The number of benzene rings is 2. The van der Waals surface area contributed by atoms with E-state index in [2.05, 4.69) is 15.6 Å². The van der Waals surface area contributed by atoms with Crippen molar-refractivity contribution in [3.8, 4) is 5.69 Å². The maximum absolute atomic E-state index is 13.2. The summed E-state index contributed by atoms with van der Waals surface area (Å²) in [6.45, 7) is 1.75. The average molecular weight is 500 g/mol. The summed E-state index contributed by atoms with van der Waals surface area (Å²) in [5.74, 6) is -2.04. The minimum Gasteiger partial charge on any atom is -0.381 e. The highest BCUT2D eigenvalue weighted by atomic mass is 35.5. The van der Waals surface area contributed by atoms with E-state index in [0.717, 1.165) is 25.0 Å². The summed E-state index contributed by atoms with van der Waals surface area (Å²) >= 11 is 5.95. The van der Waals surface area contributed by atoms with Crippen LogP contribution in [0.5, 0.6) is 0 Å². The summed E-state index contributed by atoms with van der Waals surface area (Å²) in [6, 6.07) is 10.0. The van der Waals surface area contributed by atoms with Crippen molar-refractivity contribution in [3.05, 3.63) is 76.6 Å². The summed E-state index contributed by atoms with van der Waals surface area (Å²) < 4.78 is 20.0. The van der Waals surface area contributed by atoms with Crippen LogP contribution in [0.25, 0.3) is 5.69 Å². The zero-order valence-electron chi connectivity index (χ0n) is 18.6. The standard InChI is InChI=1S/C24H23ClFN5O4/c25-19-11-15(26)1-6-18(19)23(33)30-16-2-4-17(5-3-16)31-13-29-20(22(27)32)21(31)24(34)28-12-14-7-9-35-10-8-14/h1-6,11,13-14H,7-10,12H2,(H2,27,32)(H,28,34)(H,30,33). The van der Waals surface area contributed by atoms with Crippen LogP contribution in [0, 0.1) is 11.7 Å². The Balaban J connectivity index is 1.51. The Morgan fingerprint density at radius 1 is 1.11 bits per heavy atom. The molecule has 35 heavy (non-hydrogen) atoms. The summed E-state index contributed by atoms with van der Waals surface area (Å²) in [5, 5.41) is 5.54. The number of nitrogens with zero attached hydrogens (tertiary/aromatic N) is 2. The molecule has 1 aliphatic heterocycles. The van der Waals surface area contributed by atoms with Crippen LogP contribution in [-0.2, 0) is 4.74 Å². The molecule has 3 aromatic rings. The molecule has 0 spiro atoms. The first-order chi connectivity index (χ1) is 16.8. The number of carbonyl (C=O) groups is 3. The Bertz CT molecular complexity index is 1260. The minimum atomic E-state index is -0.819. The van der Waals surface area contributed by atoms with E-state index in [1.165, 1.54) is 17.0 Å². The summed E-state index contributed by atoms with van der Waals surface area (Å²) in [5.41, 5.74) is 6.43. The number of halogens is 2. The Morgan fingerprint density at radius 2 is 1.83 bits per heavy atom. The lowest BCUT2D eigenvalue weighted by Crippen LogP contribution is -2.34. The van der Waals surface area contributed by atoms with Gasteiger partial charge in [-0.3, -0.25) is 19.0 Å². The van der Waals surface area contributed by atoms with E-state index < -0.39 is 23.5 Å². The van der Waals surface area contributed by atoms with Crippen LogP contribution in [0.2, 0.25) is 5.02 Å². The minimum absolute atomic E-state index is 0.00655. The molecule has 0 radical (unpaired) electrons. The van der Waals surface area contributed by atoms with Gasteiger partial charge in [-0.15, -0.1) is 0 Å². The number of imidazole rings is 1. The Labute approximate surface area is 205 Å². The predicted octanol–water partition coefficient (Wildman–Crippen LogP) is 3.17. The number of carbonyl (C=O) groups excluding carboxylic acids is 3. The highest BCUT2D eigenvalue weighted by molar-refractivity contribution is 6.34. The third-order valence-electron chi connectivity index (χ3n) is 5.69. The number of nitrogens with two attached hydrogens (primary N) is 1. The molecule has 1 aliphatic rings. The fourth-order valence-corrected chi connectivity index (χ4v) is 4.04. The maximum atomic E-state index is 13.2. The molecule has 2 heterocycles. The van der Waals surface area contributed by atoms with Gasteiger partial charge in [0.25, 0.3) is 17.7 Å². The Morgan fingerprint density at radius 3 is 2.49 bits per heavy atom. The van der Waals surface area contributed by atoms with Gasteiger partial charge in [-0.05, 0) is 61.2 Å². The van der Waals surface area contributed by atoms with Gasteiger partial charge < -0.3 is 21.1 Å². The van der Waals surface area contributed by atoms with Crippen molar-refractivity contribution in [1.82, 2.24) is 14.9 Å². The van der Waals surface area contributed by atoms with Crippen molar-refractivity contribution >= 4 is 35.0 Å². The number of aromatic nitrogens is 2. The lowest BCUT2D eigenvalue weighted by atomic mass is 10.0. The fraction of sp³-hybridized carbons (Fsp3) is 0.250. The van der Waals surface area contributed by atoms with Crippen molar-refractivity contribution in [1.29, 1.82) is 0 Å². The zero-order valence-corrected chi connectivity index (χ0v) is 19.3. The quantitative estimate of drug-likeness (QED) is 0.460. The molecule has 4 N–H and O–H groups in total. The van der Waals surface area contributed by atoms with Crippen LogP contribution in [0.3, 0.4) is 0 Å². The van der Waals surface area contributed by atoms with Gasteiger partial charge in [-0.25, -0.2) is 9.37 Å². The van der Waals surface area contributed by atoms with Crippen molar-refractivity contribution in [2.45, 2.75) is 12.8 Å². The molecule has 11 heteroatoms. The topological polar surface area (TPSA) is 128 Å². The van der Waals surface area contributed by atoms with Crippen LogP contribution < -0.4 is 16.4 Å². The van der Waals surface area contributed by atoms with Gasteiger partial charge in [0, 0.05) is 31.1 Å². The number of ether oxygens (including phenoxy) is 1. The fourth-order valence-electron chi connectivity index (χ4n) is 3.79. The number of primary amides is 1. The zero-order chi connectivity index (χ0) is 24.9. The first-order valence-electron chi connectivity index (χ1n) is 10.9. The monoisotopic (exact) mass is 499 g/mol. The van der Waals surface area contributed by atoms with E-state index in [-0.39, 0.29) is 22.0 Å². The van der Waals surface area contributed by atoms with Gasteiger partial charge >= 0.3 is 0 Å². The van der Waals surface area contributed by atoms with Crippen LogP contribution in [0.1, 0.15) is 44.2 Å². The molecule has 3 amide bonds. The molecule has 1 saturated heterocycles. The van der Waals surface area contributed by atoms with E-state index in [1.54, 1.807) is 24.3 Å². The lowest BCUT2D eigenvalue weighted by molar-refractivity contribution is 0.0641. The SMILES string of the molecule is NC(=O)c1ncn(-c2ccc(NC(=O)c3ccc(F)cc3Cl)cc2)c1C(=O)NCC1CCOCC1. The first kappa shape index (κ1) is 24.4. The third-order valence-corrected chi connectivity index (χ3v) is 6.00. The van der Waals surface area contributed by atoms with Crippen molar-refractivity contribution in [2.75, 3.05) is 25.1 Å². The molecular weight excluding hydrogens is 477 g/mol. The van der Waals surface area contributed by atoms with E-state index in [9.17, 15) is 18.8 Å². The molecule has 0 aliphatic carbocycles. The molecule has 1 aromatic heterocycles. The number of rotatable bonds is 7. The van der Waals surface area contributed by atoms with Crippen LogP contribution in [0.15, 0.2) is 48.8 Å². The molecule has 182 valence electrons. The second-order valence-electron chi connectivity index (χ2n) is 8.07. The Hall–Kier alpha value is -3.76. The number of nitrogens with one attached hydrogen (secondary N) is 2. The first-order valence-corrected chi connectivity index (χ1v) is 11.3. The molecule has 0 saturated carbocycles. The van der Waals surface area contributed by atoms with Crippen molar-refractivity contribution < 1.29 is 23.5 Å². The van der Waals surface area contributed by atoms with Crippen LogP contribution in [-0.4, -0.2) is 47.0 Å². The van der Waals surface area contributed by atoms with Gasteiger partial charge in [0.2, 0.25) is 0 Å². The van der Waals surface area contributed by atoms with Gasteiger partial charge in [-0.2, -0.15) is 0 Å². The van der Waals surface area contributed by atoms with Gasteiger partial charge in [0.1, 0.15) is 17.8 Å². The average Bonchev–Trinajstić information content (AvgIpc) is 3.29. The van der Waals surface area contributed by atoms with Crippen LogP contribution in [0.4, 0.5) is 10.1 Å². The van der Waals surface area contributed by atoms with Gasteiger partial charge in [0.15, 0.2) is 5.69 Å². The molecule has 9 nitrogen and oxygen atoms in total. The highest BCUT2D eigenvalue weighted by Crippen LogP contribution is 2.21.